The number of carbonyl (C=O) groups excluding carboxylic acids is 1. The molecule has 0 saturated heterocycles. The predicted octanol–water partition coefficient (Wildman–Crippen LogP) is 5.72. The molecule has 0 N–H and O–H groups in total. The van der Waals surface area contributed by atoms with E-state index < -0.39 is 5.83 Å². The Balaban J connectivity index is 2.80. The van der Waals surface area contributed by atoms with E-state index in [0.717, 1.165) is 12.8 Å². The number of fused-ring (bicyclic) bond motifs is 1. The molecule has 2 rings (SSSR count). The summed E-state index contributed by atoms with van der Waals surface area (Å²) in [6.45, 7) is 13.3. The first-order valence-corrected chi connectivity index (χ1v) is 8.84. The van der Waals surface area contributed by atoms with Crippen molar-refractivity contribution in [3.05, 3.63) is 34.6 Å². The van der Waals surface area contributed by atoms with E-state index in [2.05, 4.69) is 39.8 Å². The fourth-order valence-corrected chi connectivity index (χ4v) is 3.66. The zero-order valence-corrected chi connectivity index (χ0v) is 15.8. The van der Waals surface area contributed by atoms with Gasteiger partial charge in [0.1, 0.15) is 5.75 Å². The summed E-state index contributed by atoms with van der Waals surface area (Å²) < 4.78 is 20.0. The number of allylic oxidation sites excluding steroid dienone is 2. The van der Waals surface area contributed by atoms with E-state index in [-0.39, 0.29) is 10.8 Å². The van der Waals surface area contributed by atoms with Crippen molar-refractivity contribution in [1.82, 2.24) is 0 Å². The monoisotopic (exact) mass is 332 g/mol. The lowest BCUT2D eigenvalue weighted by Crippen LogP contribution is -2.34. The molecule has 1 aliphatic carbocycles. The van der Waals surface area contributed by atoms with Crippen molar-refractivity contribution in [2.75, 3.05) is 6.61 Å². The average Bonchev–Trinajstić information content (AvgIpc) is 2.53. The largest absolute Gasteiger partial charge is 0.493 e. The van der Waals surface area contributed by atoms with Crippen LogP contribution in [0.3, 0.4) is 0 Å². The molecule has 0 bridgehead atoms. The predicted molar refractivity (Wildman–Crippen MR) is 97.3 cm³/mol. The maximum atomic E-state index is 14.1. The fraction of sp³-hybridized carbons (Fsp3) is 0.571. The Morgan fingerprint density at radius 1 is 1.12 bits per heavy atom. The average molecular weight is 332 g/mol. The number of hydrogen-bond donors (Lipinski definition) is 0. The van der Waals surface area contributed by atoms with E-state index in [1.165, 1.54) is 11.1 Å². The van der Waals surface area contributed by atoms with Crippen LogP contribution in [0.5, 0.6) is 5.75 Å². The van der Waals surface area contributed by atoms with Gasteiger partial charge in [0.15, 0.2) is 12.1 Å². The van der Waals surface area contributed by atoms with E-state index >= 15 is 0 Å². The van der Waals surface area contributed by atoms with Crippen LogP contribution in [0, 0.1) is 0 Å². The second-order valence-electron chi connectivity index (χ2n) is 7.89. The summed E-state index contributed by atoms with van der Waals surface area (Å²) in [5.74, 6) is -0.0258. The Labute approximate surface area is 145 Å². The van der Waals surface area contributed by atoms with Gasteiger partial charge in [-0.15, -0.1) is 0 Å². The van der Waals surface area contributed by atoms with Gasteiger partial charge in [0.2, 0.25) is 0 Å². The van der Waals surface area contributed by atoms with Crippen molar-refractivity contribution < 1.29 is 13.9 Å². The smallest absolute Gasteiger partial charge is 0.178 e. The lowest BCUT2D eigenvalue weighted by Gasteiger charge is -2.42. The minimum Gasteiger partial charge on any atom is -0.493 e. The summed E-state index contributed by atoms with van der Waals surface area (Å²) in [5, 5.41) is 0. The van der Waals surface area contributed by atoms with Crippen LogP contribution in [0.2, 0.25) is 0 Å². The third-order valence-corrected chi connectivity index (χ3v) is 5.32. The molecule has 1 aromatic carbocycles. The molecule has 0 unspecified atom stereocenters. The molecule has 1 aliphatic rings. The van der Waals surface area contributed by atoms with E-state index in [9.17, 15) is 9.18 Å². The highest BCUT2D eigenvalue weighted by Gasteiger charge is 2.38. The molecular formula is C21H29FO2. The zero-order chi connectivity index (χ0) is 18.1. The summed E-state index contributed by atoms with van der Waals surface area (Å²) in [4.78, 5) is 11.0. The molecule has 0 aromatic heterocycles. The van der Waals surface area contributed by atoms with Crippen LogP contribution in [0.15, 0.2) is 18.0 Å². The van der Waals surface area contributed by atoms with Gasteiger partial charge in [-0.05, 0) is 60.3 Å². The van der Waals surface area contributed by atoms with Crippen LogP contribution in [-0.2, 0) is 15.6 Å². The SMILES string of the molecule is CCOc1cc2c(cc1/C(CC)=C(/F)C=O)C(C)(C)CCC2(C)C. The molecule has 1 aromatic rings. The number of carbonyl (C=O) groups is 1. The fourth-order valence-electron chi connectivity index (χ4n) is 3.66. The maximum absolute atomic E-state index is 14.1. The van der Waals surface area contributed by atoms with Crippen molar-refractivity contribution in [2.24, 2.45) is 0 Å². The summed E-state index contributed by atoms with van der Waals surface area (Å²) in [7, 11) is 0. The van der Waals surface area contributed by atoms with Gasteiger partial charge in [0.05, 0.1) is 6.61 Å². The number of hydrogen-bond acceptors (Lipinski definition) is 2. The Bertz CT molecular complexity index is 669. The first-order valence-electron chi connectivity index (χ1n) is 8.84. The van der Waals surface area contributed by atoms with Crippen molar-refractivity contribution in [3.63, 3.8) is 0 Å². The zero-order valence-electron chi connectivity index (χ0n) is 15.8. The van der Waals surface area contributed by atoms with Gasteiger partial charge in [-0.25, -0.2) is 4.39 Å². The minimum absolute atomic E-state index is 0.0286. The van der Waals surface area contributed by atoms with Gasteiger partial charge < -0.3 is 4.74 Å². The topological polar surface area (TPSA) is 26.3 Å². The highest BCUT2D eigenvalue weighted by atomic mass is 19.1. The third-order valence-electron chi connectivity index (χ3n) is 5.32. The molecule has 0 heterocycles. The van der Waals surface area contributed by atoms with Gasteiger partial charge in [0.25, 0.3) is 0 Å². The standard InChI is InChI=1S/C21H29FO2/c1-7-14(18(22)13-23)15-11-16-17(12-19(15)24-8-2)21(5,6)10-9-20(16,3)4/h11-13H,7-10H2,1-6H3/b18-14+. The van der Waals surface area contributed by atoms with E-state index in [1.54, 1.807) is 0 Å². The summed E-state index contributed by atoms with van der Waals surface area (Å²) in [6.07, 6.45) is 2.94. The number of rotatable bonds is 5. The van der Waals surface area contributed by atoms with Crippen molar-refractivity contribution in [2.45, 2.75) is 71.6 Å². The van der Waals surface area contributed by atoms with E-state index in [1.807, 2.05) is 13.8 Å². The second-order valence-corrected chi connectivity index (χ2v) is 7.89. The lowest BCUT2D eigenvalue weighted by molar-refractivity contribution is -0.106. The molecule has 0 spiro atoms. The van der Waals surface area contributed by atoms with Crippen molar-refractivity contribution in [3.8, 4) is 5.75 Å². The lowest BCUT2D eigenvalue weighted by atomic mass is 9.62. The van der Waals surface area contributed by atoms with Crippen molar-refractivity contribution >= 4 is 11.9 Å². The second kappa shape index (κ2) is 6.70. The van der Waals surface area contributed by atoms with Crippen LogP contribution in [0.4, 0.5) is 4.39 Å². The molecule has 0 aliphatic heterocycles. The van der Waals surface area contributed by atoms with Gasteiger partial charge in [-0.2, -0.15) is 0 Å². The van der Waals surface area contributed by atoms with Crippen LogP contribution in [-0.4, -0.2) is 12.9 Å². The van der Waals surface area contributed by atoms with Crippen LogP contribution < -0.4 is 4.74 Å². The van der Waals surface area contributed by atoms with Gasteiger partial charge >= 0.3 is 0 Å². The normalized spacial score (nSPS) is 19.3. The first kappa shape index (κ1) is 18.7. The molecule has 0 fully saturated rings. The molecule has 0 atom stereocenters. The Morgan fingerprint density at radius 2 is 1.67 bits per heavy atom. The summed E-state index contributed by atoms with van der Waals surface area (Å²) >= 11 is 0. The van der Waals surface area contributed by atoms with E-state index in [0.29, 0.717) is 36.2 Å². The molecule has 24 heavy (non-hydrogen) atoms. The highest BCUT2D eigenvalue weighted by Crippen LogP contribution is 2.49. The number of benzene rings is 1. The quantitative estimate of drug-likeness (QED) is 0.509. The Hall–Kier alpha value is -1.64. The first-order chi connectivity index (χ1) is 11.2. The Kier molecular flexibility index (Phi) is 5.22. The molecule has 3 heteroatoms. The molecule has 0 saturated carbocycles. The highest BCUT2D eigenvalue weighted by molar-refractivity contribution is 5.87. The summed E-state index contributed by atoms with van der Waals surface area (Å²) in [6, 6.07) is 4.13. The molecule has 132 valence electrons. The van der Waals surface area contributed by atoms with Gasteiger partial charge in [-0.3, -0.25) is 4.79 Å². The molecular weight excluding hydrogens is 303 g/mol. The van der Waals surface area contributed by atoms with Crippen LogP contribution >= 0.6 is 0 Å². The van der Waals surface area contributed by atoms with Crippen LogP contribution in [0.1, 0.15) is 77.5 Å². The van der Waals surface area contributed by atoms with Gasteiger partial charge in [0, 0.05) is 11.1 Å². The summed E-state index contributed by atoms with van der Waals surface area (Å²) in [5.41, 5.74) is 3.74. The number of ether oxygens (including phenoxy) is 1. The van der Waals surface area contributed by atoms with Crippen LogP contribution in [0.25, 0.3) is 5.57 Å². The van der Waals surface area contributed by atoms with E-state index in [4.69, 9.17) is 4.74 Å². The number of aldehydes is 1. The maximum Gasteiger partial charge on any atom is 0.178 e. The Morgan fingerprint density at radius 3 is 2.12 bits per heavy atom. The molecule has 2 nitrogen and oxygen atoms in total. The number of halogens is 1. The van der Waals surface area contributed by atoms with Gasteiger partial charge in [-0.1, -0.05) is 34.6 Å². The third kappa shape index (κ3) is 3.26. The van der Waals surface area contributed by atoms with Crippen molar-refractivity contribution in [1.29, 1.82) is 0 Å². The molecule has 0 radical (unpaired) electrons. The molecule has 0 amide bonds. The minimum atomic E-state index is -0.703.